The molecule has 0 amide bonds. The lowest BCUT2D eigenvalue weighted by Gasteiger charge is -2.32. The van der Waals surface area contributed by atoms with Crippen LogP contribution in [0, 0.1) is 0 Å². The average Bonchev–Trinajstić information content (AvgIpc) is 2.95. The molecule has 1 fully saturated rings. The van der Waals surface area contributed by atoms with Crippen molar-refractivity contribution < 1.29 is 4.74 Å². The minimum absolute atomic E-state index is 0.131. The zero-order valence-electron chi connectivity index (χ0n) is 10.9. The molecule has 1 aromatic carbocycles. The van der Waals surface area contributed by atoms with E-state index in [2.05, 4.69) is 72.1 Å². The van der Waals surface area contributed by atoms with E-state index in [4.69, 9.17) is 4.74 Å². The van der Waals surface area contributed by atoms with Crippen molar-refractivity contribution in [2.45, 2.75) is 37.2 Å². The highest BCUT2D eigenvalue weighted by atomic mass is 79.9. The Labute approximate surface area is 140 Å². The van der Waals surface area contributed by atoms with E-state index in [-0.39, 0.29) is 5.41 Å². The maximum atomic E-state index is 5.76. The molecule has 19 heavy (non-hydrogen) atoms. The SMILES string of the molecule is BrCC(CBr)(CCC1CCCO1)c1ccccc1Br. The molecule has 0 bridgehead atoms. The summed E-state index contributed by atoms with van der Waals surface area (Å²) in [6.45, 7) is 0.940. The number of hydrogen-bond acceptors (Lipinski definition) is 1. The van der Waals surface area contributed by atoms with Gasteiger partial charge in [-0.3, -0.25) is 0 Å². The lowest BCUT2D eigenvalue weighted by Crippen LogP contribution is -2.32. The Balaban J connectivity index is 2.14. The van der Waals surface area contributed by atoms with Crippen LogP contribution in [0.15, 0.2) is 28.7 Å². The van der Waals surface area contributed by atoms with Gasteiger partial charge in [0.2, 0.25) is 0 Å². The van der Waals surface area contributed by atoms with Crippen LogP contribution in [-0.4, -0.2) is 23.4 Å². The van der Waals surface area contributed by atoms with Gasteiger partial charge in [-0.2, -0.15) is 0 Å². The molecular formula is C15H19Br3O. The molecular weight excluding hydrogens is 436 g/mol. The summed E-state index contributed by atoms with van der Waals surface area (Å²) in [5.41, 5.74) is 1.51. The molecule has 1 unspecified atom stereocenters. The second-order valence-electron chi connectivity index (χ2n) is 5.20. The van der Waals surface area contributed by atoms with Crippen LogP contribution in [0.25, 0.3) is 0 Å². The highest BCUT2D eigenvalue weighted by molar-refractivity contribution is 9.10. The first-order valence-corrected chi connectivity index (χ1v) is 9.74. The number of halogens is 3. The van der Waals surface area contributed by atoms with Crippen LogP contribution in [0.4, 0.5) is 0 Å². The average molecular weight is 455 g/mol. The van der Waals surface area contributed by atoms with Crippen LogP contribution in [0.1, 0.15) is 31.2 Å². The largest absolute Gasteiger partial charge is 0.378 e. The maximum absolute atomic E-state index is 5.76. The Hall–Kier alpha value is 0.620. The first-order chi connectivity index (χ1) is 9.22. The highest BCUT2D eigenvalue weighted by Crippen LogP contribution is 2.38. The van der Waals surface area contributed by atoms with Crippen molar-refractivity contribution in [1.29, 1.82) is 0 Å². The predicted molar refractivity (Wildman–Crippen MR) is 91.6 cm³/mol. The Morgan fingerprint density at radius 3 is 2.53 bits per heavy atom. The molecule has 1 nitrogen and oxygen atoms in total. The van der Waals surface area contributed by atoms with E-state index in [1.165, 1.54) is 22.9 Å². The fourth-order valence-corrected chi connectivity index (χ4v) is 5.45. The van der Waals surface area contributed by atoms with Crippen LogP contribution in [-0.2, 0) is 10.2 Å². The molecule has 0 aliphatic carbocycles. The minimum Gasteiger partial charge on any atom is -0.378 e. The molecule has 1 atom stereocenters. The van der Waals surface area contributed by atoms with Gasteiger partial charge in [0.05, 0.1) is 6.10 Å². The number of rotatable bonds is 6. The molecule has 1 aliphatic rings. The Morgan fingerprint density at radius 2 is 1.95 bits per heavy atom. The zero-order valence-corrected chi connectivity index (χ0v) is 15.6. The molecule has 2 rings (SSSR count). The third kappa shape index (κ3) is 3.84. The van der Waals surface area contributed by atoms with E-state index in [1.807, 2.05) is 0 Å². The van der Waals surface area contributed by atoms with E-state index in [9.17, 15) is 0 Å². The van der Waals surface area contributed by atoms with Crippen LogP contribution in [0.2, 0.25) is 0 Å². The van der Waals surface area contributed by atoms with Crippen molar-refractivity contribution in [2.75, 3.05) is 17.3 Å². The summed E-state index contributed by atoms with van der Waals surface area (Å²) in [5, 5.41) is 1.92. The molecule has 1 aliphatic heterocycles. The van der Waals surface area contributed by atoms with Gasteiger partial charge >= 0.3 is 0 Å². The molecule has 0 saturated carbocycles. The predicted octanol–water partition coefficient (Wildman–Crippen LogP) is 5.44. The Kier molecular flexibility index (Phi) is 6.38. The Bertz CT molecular complexity index is 398. The molecule has 106 valence electrons. The van der Waals surface area contributed by atoms with Crippen molar-refractivity contribution in [3.63, 3.8) is 0 Å². The van der Waals surface area contributed by atoms with Gasteiger partial charge in [0.1, 0.15) is 0 Å². The third-order valence-corrected chi connectivity index (χ3v) is 6.76. The summed E-state index contributed by atoms with van der Waals surface area (Å²) < 4.78 is 6.96. The fraction of sp³-hybridized carbons (Fsp3) is 0.600. The van der Waals surface area contributed by atoms with Gasteiger partial charge < -0.3 is 4.74 Å². The number of benzene rings is 1. The summed E-state index contributed by atoms with van der Waals surface area (Å²) in [5.74, 6) is 0. The summed E-state index contributed by atoms with van der Waals surface area (Å²) in [7, 11) is 0. The lowest BCUT2D eigenvalue weighted by molar-refractivity contribution is 0.0978. The monoisotopic (exact) mass is 452 g/mol. The van der Waals surface area contributed by atoms with E-state index in [1.54, 1.807) is 0 Å². The van der Waals surface area contributed by atoms with Gasteiger partial charge in [0.15, 0.2) is 0 Å². The highest BCUT2D eigenvalue weighted by Gasteiger charge is 2.33. The molecule has 4 heteroatoms. The van der Waals surface area contributed by atoms with Crippen molar-refractivity contribution in [2.24, 2.45) is 0 Å². The minimum atomic E-state index is 0.131. The van der Waals surface area contributed by atoms with Gasteiger partial charge in [-0.25, -0.2) is 0 Å². The molecule has 1 aromatic rings. The second kappa shape index (κ2) is 7.58. The Morgan fingerprint density at radius 1 is 1.21 bits per heavy atom. The van der Waals surface area contributed by atoms with E-state index >= 15 is 0 Å². The van der Waals surface area contributed by atoms with Gasteiger partial charge in [0.25, 0.3) is 0 Å². The lowest BCUT2D eigenvalue weighted by atomic mass is 9.79. The van der Waals surface area contributed by atoms with Gasteiger partial charge in [0, 0.05) is 27.2 Å². The van der Waals surface area contributed by atoms with Crippen molar-refractivity contribution in [3.8, 4) is 0 Å². The smallest absolute Gasteiger partial charge is 0.0576 e. The summed E-state index contributed by atoms with van der Waals surface area (Å²) in [4.78, 5) is 0. The van der Waals surface area contributed by atoms with E-state index < -0.39 is 0 Å². The molecule has 0 spiro atoms. The summed E-state index contributed by atoms with van der Waals surface area (Å²) >= 11 is 11.1. The molecule has 0 N–H and O–H groups in total. The normalized spacial score (nSPS) is 19.8. The van der Waals surface area contributed by atoms with Crippen molar-refractivity contribution >= 4 is 47.8 Å². The number of alkyl halides is 2. The fourth-order valence-electron chi connectivity index (χ4n) is 2.65. The standard InChI is InChI=1S/C15H19Br3O/c16-10-15(11-17,8-7-12-4-3-9-19-12)13-5-1-2-6-14(13)18/h1-2,5-6,12H,3-4,7-11H2. The summed E-state index contributed by atoms with van der Waals surface area (Å²) in [6.07, 6.45) is 5.17. The van der Waals surface area contributed by atoms with Crippen LogP contribution >= 0.6 is 47.8 Å². The third-order valence-electron chi connectivity index (χ3n) is 3.93. The maximum Gasteiger partial charge on any atom is 0.0576 e. The van der Waals surface area contributed by atoms with Crippen LogP contribution in [0.5, 0.6) is 0 Å². The van der Waals surface area contributed by atoms with Crippen LogP contribution in [0.3, 0.4) is 0 Å². The number of hydrogen-bond donors (Lipinski definition) is 0. The summed E-state index contributed by atoms with van der Waals surface area (Å²) in [6, 6.07) is 8.54. The molecule has 1 heterocycles. The van der Waals surface area contributed by atoms with Gasteiger partial charge in [-0.1, -0.05) is 66.0 Å². The second-order valence-corrected chi connectivity index (χ2v) is 7.18. The zero-order chi connectivity index (χ0) is 13.7. The molecule has 0 radical (unpaired) electrons. The van der Waals surface area contributed by atoms with E-state index in [0.29, 0.717) is 6.10 Å². The van der Waals surface area contributed by atoms with Crippen molar-refractivity contribution in [3.05, 3.63) is 34.3 Å². The quantitative estimate of drug-likeness (QED) is 0.520. The first-order valence-electron chi connectivity index (χ1n) is 6.70. The first kappa shape index (κ1) is 16.0. The van der Waals surface area contributed by atoms with Crippen molar-refractivity contribution in [1.82, 2.24) is 0 Å². The molecule has 1 saturated heterocycles. The van der Waals surface area contributed by atoms with Gasteiger partial charge in [-0.15, -0.1) is 0 Å². The molecule has 0 aromatic heterocycles. The van der Waals surface area contributed by atoms with Crippen LogP contribution < -0.4 is 0 Å². The topological polar surface area (TPSA) is 9.23 Å². The van der Waals surface area contributed by atoms with Gasteiger partial charge in [-0.05, 0) is 37.3 Å². The van der Waals surface area contributed by atoms with E-state index in [0.717, 1.165) is 30.1 Å². The number of ether oxygens (including phenoxy) is 1.